The monoisotopic (exact) mass is 588 g/mol. The van der Waals surface area contributed by atoms with Crippen molar-refractivity contribution in [2.75, 3.05) is 4.90 Å². The zero-order chi connectivity index (χ0) is 30.5. The molecular formula is C43H28N2O. The van der Waals surface area contributed by atoms with Crippen molar-refractivity contribution >= 4 is 60.7 Å². The summed E-state index contributed by atoms with van der Waals surface area (Å²) in [6.45, 7) is 0. The van der Waals surface area contributed by atoms with E-state index in [0.29, 0.717) is 0 Å². The van der Waals surface area contributed by atoms with Crippen LogP contribution >= 0.6 is 0 Å². The molecule has 0 saturated heterocycles. The van der Waals surface area contributed by atoms with Crippen molar-refractivity contribution in [1.29, 1.82) is 0 Å². The van der Waals surface area contributed by atoms with E-state index in [9.17, 15) is 0 Å². The molecule has 0 bridgehead atoms. The Morgan fingerprint density at radius 3 is 1.87 bits per heavy atom. The molecule has 0 atom stereocenters. The third-order valence-electron chi connectivity index (χ3n) is 8.86. The lowest BCUT2D eigenvalue weighted by molar-refractivity contribution is 0.669. The molecule has 9 rings (SSSR count). The Hall–Kier alpha value is -6.19. The number of aromatic nitrogens is 1. The first-order chi connectivity index (χ1) is 22.8. The molecule has 0 aliphatic rings. The average molecular weight is 589 g/mol. The van der Waals surface area contributed by atoms with Gasteiger partial charge in [0.15, 0.2) is 5.58 Å². The van der Waals surface area contributed by atoms with Crippen LogP contribution in [0.2, 0.25) is 0 Å². The molecular weight excluding hydrogens is 560 g/mol. The fraction of sp³-hybridized carbons (Fsp3) is 0. The van der Waals surface area contributed by atoms with Crippen LogP contribution in [0.4, 0.5) is 17.1 Å². The molecule has 0 aliphatic heterocycles. The van der Waals surface area contributed by atoms with Gasteiger partial charge < -0.3 is 9.32 Å². The largest absolute Gasteiger partial charge is 0.452 e. The van der Waals surface area contributed by atoms with Crippen molar-refractivity contribution < 1.29 is 4.42 Å². The maximum Gasteiger partial charge on any atom is 0.177 e. The molecule has 3 heteroatoms. The van der Waals surface area contributed by atoms with Gasteiger partial charge in [-0.1, -0.05) is 115 Å². The van der Waals surface area contributed by atoms with Gasteiger partial charge in [-0.2, -0.15) is 0 Å². The zero-order valence-electron chi connectivity index (χ0n) is 25.0. The molecule has 2 aromatic heterocycles. The maximum absolute atomic E-state index is 6.66. The number of fused-ring (bicyclic) bond motifs is 5. The molecule has 0 fully saturated rings. The Balaban J connectivity index is 1.22. The Morgan fingerprint density at radius 2 is 1.07 bits per heavy atom. The van der Waals surface area contributed by atoms with Crippen LogP contribution in [-0.2, 0) is 0 Å². The van der Waals surface area contributed by atoms with Crippen LogP contribution in [0.3, 0.4) is 0 Å². The number of benzene rings is 7. The first-order valence-electron chi connectivity index (χ1n) is 15.5. The summed E-state index contributed by atoms with van der Waals surface area (Å²) < 4.78 is 6.66. The first kappa shape index (κ1) is 26.2. The smallest absolute Gasteiger partial charge is 0.177 e. The van der Waals surface area contributed by atoms with Crippen LogP contribution in [0.1, 0.15) is 0 Å². The van der Waals surface area contributed by atoms with Crippen molar-refractivity contribution in [2.45, 2.75) is 0 Å². The highest BCUT2D eigenvalue weighted by Gasteiger charge is 2.21. The van der Waals surface area contributed by atoms with E-state index in [2.05, 4.69) is 169 Å². The van der Waals surface area contributed by atoms with E-state index in [-0.39, 0.29) is 0 Å². The summed E-state index contributed by atoms with van der Waals surface area (Å²) in [4.78, 5) is 7.11. The summed E-state index contributed by atoms with van der Waals surface area (Å²) in [5.41, 5.74) is 10.1. The third kappa shape index (κ3) is 4.49. The molecule has 3 nitrogen and oxygen atoms in total. The number of hydrogen-bond donors (Lipinski definition) is 0. The Labute approximate surface area is 266 Å². The number of pyridine rings is 1. The van der Waals surface area contributed by atoms with Crippen LogP contribution in [0.25, 0.3) is 65.9 Å². The highest BCUT2D eigenvalue weighted by atomic mass is 16.3. The molecule has 2 heterocycles. The summed E-state index contributed by atoms with van der Waals surface area (Å²) in [5.74, 6) is 0. The summed E-state index contributed by atoms with van der Waals surface area (Å²) in [6, 6.07) is 57.9. The summed E-state index contributed by atoms with van der Waals surface area (Å²) >= 11 is 0. The molecule has 0 amide bonds. The van der Waals surface area contributed by atoms with Crippen LogP contribution in [-0.4, -0.2) is 4.98 Å². The number of furan rings is 1. The van der Waals surface area contributed by atoms with Crippen molar-refractivity contribution in [3.63, 3.8) is 0 Å². The average Bonchev–Trinajstić information content (AvgIpc) is 3.49. The second-order valence-electron chi connectivity index (χ2n) is 11.7. The quantitative estimate of drug-likeness (QED) is 0.200. The van der Waals surface area contributed by atoms with Crippen molar-refractivity contribution in [3.8, 4) is 22.3 Å². The minimum atomic E-state index is 0.761. The Kier molecular flexibility index (Phi) is 6.14. The van der Waals surface area contributed by atoms with Gasteiger partial charge in [-0.3, -0.25) is 4.98 Å². The highest BCUT2D eigenvalue weighted by molar-refractivity contribution is 6.12. The van der Waals surface area contributed by atoms with Crippen molar-refractivity contribution in [2.24, 2.45) is 0 Å². The van der Waals surface area contributed by atoms with Crippen LogP contribution in [0.15, 0.2) is 174 Å². The van der Waals surface area contributed by atoms with E-state index in [1.54, 1.807) is 0 Å². The lowest BCUT2D eigenvalue weighted by Crippen LogP contribution is -2.10. The number of anilines is 3. The fourth-order valence-corrected chi connectivity index (χ4v) is 6.56. The predicted molar refractivity (Wildman–Crippen MR) is 192 cm³/mol. The number of hydrogen-bond acceptors (Lipinski definition) is 3. The maximum atomic E-state index is 6.66. The third-order valence-corrected chi connectivity index (χ3v) is 8.86. The van der Waals surface area contributed by atoms with Gasteiger partial charge in [-0.15, -0.1) is 0 Å². The van der Waals surface area contributed by atoms with E-state index in [1.807, 2.05) is 6.20 Å². The second kappa shape index (κ2) is 10.8. The minimum absolute atomic E-state index is 0.761. The fourth-order valence-electron chi connectivity index (χ4n) is 6.56. The van der Waals surface area contributed by atoms with Gasteiger partial charge in [-0.05, 0) is 92.3 Å². The summed E-state index contributed by atoms with van der Waals surface area (Å²) in [7, 11) is 0. The Morgan fingerprint density at radius 1 is 0.435 bits per heavy atom. The lowest BCUT2D eigenvalue weighted by Gasteiger charge is -2.26. The topological polar surface area (TPSA) is 29.3 Å². The second-order valence-corrected chi connectivity index (χ2v) is 11.7. The standard InChI is InChI=1S/C43H28N2O/c1-2-9-29(10-3-1)33-15-8-16-38(26-33)45(37-21-19-31(20-22-37)36-18-17-30-11-4-5-12-32(30)25-36)40-23-24-44-42-39-27-34-13-6-7-14-35(34)28-41(39)46-43(40)42/h1-28H. The molecule has 0 radical (unpaired) electrons. The SMILES string of the molecule is c1ccc(-c2cccc(N(c3ccc(-c4ccc5ccccc5c4)cc3)c3ccnc4c3oc3cc5ccccc5cc34)c2)cc1. The molecule has 0 saturated carbocycles. The summed E-state index contributed by atoms with van der Waals surface area (Å²) in [5, 5.41) is 5.81. The first-order valence-corrected chi connectivity index (χ1v) is 15.5. The van der Waals surface area contributed by atoms with E-state index >= 15 is 0 Å². The predicted octanol–water partition coefficient (Wildman–Crippen LogP) is 12.1. The van der Waals surface area contributed by atoms with Gasteiger partial charge in [0.1, 0.15) is 11.1 Å². The van der Waals surface area contributed by atoms with E-state index in [4.69, 9.17) is 9.40 Å². The van der Waals surface area contributed by atoms with Gasteiger partial charge in [0, 0.05) is 23.0 Å². The molecule has 9 aromatic rings. The number of rotatable bonds is 5. The molecule has 0 aliphatic carbocycles. The zero-order valence-corrected chi connectivity index (χ0v) is 25.0. The van der Waals surface area contributed by atoms with Crippen LogP contribution < -0.4 is 4.90 Å². The normalized spacial score (nSPS) is 11.5. The molecule has 46 heavy (non-hydrogen) atoms. The van der Waals surface area contributed by atoms with Gasteiger partial charge >= 0.3 is 0 Å². The van der Waals surface area contributed by atoms with E-state index < -0.39 is 0 Å². The minimum Gasteiger partial charge on any atom is -0.452 e. The molecule has 216 valence electrons. The Bertz CT molecular complexity index is 2530. The van der Waals surface area contributed by atoms with Gasteiger partial charge in [0.05, 0.1) is 5.69 Å². The van der Waals surface area contributed by atoms with E-state index in [0.717, 1.165) is 50.1 Å². The number of nitrogens with zero attached hydrogens (tertiary/aromatic N) is 2. The van der Waals surface area contributed by atoms with Gasteiger partial charge in [0.2, 0.25) is 0 Å². The lowest BCUT2D eigenvalue weighted by atomic mass is 10.0. The van der Waals surface area contributed by atoms with E-state index in [1.165, 1.54) is 32.8 Å². The van der Waals surface area contributed by atoms with Gasteiger partial charge in [-0.25, -0.2) is 0 Å². The van der Waals surface area contributed by atoms with Crippen LogP contribution in [0.5, 0.6) is 0 Å². The molecule has 0 N–H and O–H groups in total. The van der Waals surface area contributed by atoms with Crippen LogP contribution in [0, 0.1) is 0 Å². The molecule has 0 unspecified atom stereocenters. The molecule has 7 aromatic carbocycles. The van der Waals surface area contributed by atoms with Crippen molar-refractivity contribution in [3.05, 3.63) is 170 Å². The van der Waals surface area contributed by atoms with Crippen molar-refractivity contribution in [1.82, 2.24) is 4.98 Å². The highest BCUT2D eigenvalue weighted by Crippen LogP contribution is 2.43. The summed E-state index contributed by atoms with van der Waals surface area (Å²) in [6.07, 6.45) is 1.89. The molecule has 0 spiro atoms. The van der Waals surface area contributed by atoms with Gasteiger partial charge in [0.25, 0.3) is 0 Å².